The zero-order valence-corrected chi connectivity index (χ0v) is 26.7. The molecule has 246 valence electrons. The lowest BCUT2D eigenvalue weighted by atomic mass is 9.91. The highest BCUT2D eigenvalue weighted by atomic mass is 19.2. The van der Waals surface area contributed by atoms with Gasteiger partial charge in [0.1, 0.15) is 23.6 Å². The highest BCUT2D eigenvalue weighted by Gasteiger charge is 2.60. The number of aryl methyl sites for hydroxylation is 2. The molecule has 11 heteroatoms. The van der Waals surface area contributed by atoms with Crippen molar-refractivity contribution >= 4 is 33.2 Å². The van der Waals surface area contributed by atoms with Gasteiger partial charge < -0.3 is 15.4 Å². The van der Waals surface area contributed by atoms with E-state index in [0.29, 0.717) is 54.0 Å². The number of rotatable bonds is 5. The molecular weight excluding hydrogens is 603 g/mol. The Morgan fingerprint density at radius 1 is 1.02 bits per heavy atom. The van der Waals surface area contributed by atoms with Crippen molar-refractivity contribution in [1.29, 1.82) is 0 Å². The monoisotopic (exact) mass is 643 g/mol. The number of hydrogen-bond acceptors (Lipinski definition) is 8. The van der Waals surface area contributed by atoms with Crippen molar-refractivity contribution in [3.63, 3.8) is 0 Å². The fraction of sp³-hybridized carbons (Fsp3) is 0.528. The molecule has 2 bridgehead atoms. The minimum absolute atomic E-state index is 0.0281. The SMILES string of the molecule is CCc1cccc2cc(N)cc(-c3nc4c5c(nc(OCC67CCCN6CCC7)nc5c3F)N3C[C@@]5(F)CC[C@](F)(N5)[C@H]3CCC4)c12. The van der Waals surface area contributed by atoms with E-state index in [1.54, 1.807) is 11.0 Å². The average Bonchev–Trinajstić information content (AvgIpc) is 3.71. The zero-order valence-electron chi connectivity index (χ0n) is 26.7. The van der Waals surface area contributed by atoms with E-state index in [-0.39, 0.29) is 42.1 Å². The van der Waals surface area contributed by atoms with E-state index in [1.165, 1.54) is 0 Å². The van der Waals surface area contributed by atoms with Crippen molar-refractivity contribution in [2.45, 2.75) is 94.3 Å². The summed E-state index contributed by atoms with van der Waals surface area (Å²) in [6, 6.07) is 9.04. The summed E-state index contributed by atoms with van der Waals surface area (Å²) in [6.45, 7) is 4.42. The molecule has 0 aliphatic carbocycles. The first-order chi connectivity index (χ1) is 22.7. The second kappa shape index (κ2) is 10.4. The van der Waals surface area contributed by atoms with E-state index in [4.69, 9.17) is 25.4 Å². The van der Waals surface area contributed by atoms with Crippen molar-refractivity contribution in [2.24, 2.45) is 0 Å². The number of piperazine rings is 1. The smallest absolute Gasteiger partial charge is 0.319 e. The Hall–Kier alpha value is -3.70. The number of hydrogen-bond donors (Lipinski definition) is 2. The summed E-state index contributed by atoms with van der Waals surface area (Å²) in [7, 11) is 0. The fourth-order valence-electron chi connectivity index (χ4n) is 9.45. The average molecular weight is 644 g/mol. The third-order valence-electron chi connectivity index (χ3n) is 11.6. The van der Waals surface area contributed by atoms with Crippen LogP contribution in [0.25, 0.3) is 32.9 Å². The lowest BCUT2D eigenvalue weighted by molar-refractivity contribution is 0.00892. The summed E-state index contributed by atoms with van der Waals surface area (Å²) in [5, 5.41) is 4.88. The van der Waals surface area contributed by atoms with Crippen LogP contribution in [0.1, 0.15) is 69.5 Å². The summed E-state index contributed by atoms with van der Waals surface area (Å²) in [5.41, 5.74) is 9.31. The first-order valence-electron chi connectivity index (χ1n) is 17.2. The fourth-order valence-corrected chi connectivity index (χ4v) is 9.45. The van der Waals surface area contributed by atoms with Crippen LogP contribution in [0.15, 0.2) is 30.3 Å². The number of aromatic nitrogens is 3. The van der Waals surface area contributed by atoms with Gasteiger partial charge in [-0.2, -0.15) is 9.97 Å². The molecule has 0 amide bonds. The molecule has 2 aromatic heterocycles. The predicted molar refractivity (Wildman–Crippen MR) is 176 cm³/mol. The van der Waals surface area contributed by atoms with Gasteiger partial charge in [-0.1, -0.05) is 25.1 Å². The molecule has 4 fully saturated rings. The van der Waals surface area contributed by atoms with Crippen LogP contribution in [0, 0.1) is 5.82 Å². The van der Waals surface area contributed by atoms with Crippen LogP contribution < -0.4 is 20.7 Å². The van der Waals surface area contributed by atoms with Gasteiger partial charge in [-0.3, -0.25) is 4.90 Å². The standard InChI is InChI=1S/C36H40F3N7O/c1-2-21-7-3-8-22-17-23(40)18-24(27(21)22)30-29(37)31-28-25(41-30)9-4-10-26-36(39)14-13-35(38,44-36)19-46(26)32(28)43-33(42-31)47-20-34-11-5-15-45(34)16-6-12-34/h3,7-8,17-18,26,44H,2,4-6,9-16,19-20,40H2,1H3/t26-,35-,36+/m1/s1. The Labute approximate surface area is 271 Å². The molecule has 47 heavy (non-hydrogen) atoms. The molecule has 4 aromatic rings. The van der Waals surface area contributed by atoms with Crippen LogP contribution in [-0.2, 0) is 12.8 Å². The summed E-state index contributed by atoms with van der Waals surface area (Å²) >= 11 is 0. The summed E-state index contributed by atoms with van der Waals surface area (Å²) in [6.07, 6.45) is 6.67. The molecular formula is C36H40F3N7O. The first kappa shape index (κ1) is 29.4. The molecule has 9 rings (SSSR count). The zero-order chi connectivity index (χ0) is 32.1. The number of nitrogens with one attached hydrogen (secondary N) is 1. The third-order valence-corrected chi connectivity index (χ3v) is 11.6. The molecule has 0 spiro atoms. The Bertz CT molecular complexity index is 1930. The largest absolute Gasteiger partial charge is 0.461 e. The molecule has 5 aliphatic rings. The topological polar surface area (TPSA) is 92.4 Å². The maximum Gasteiger partial charge on any atom is 0.319 e. The molecule has 3 N–H and O–H groups in total. The van der Waals surface area contributed by atoms with E-state index in [1.807, 2.05) is 24.3 Å². The van der Waals surface area contributed by atoms with Gasteiger partial charge in [0.2, 0.25) is 0 Å². The Morgan fingerprint density at radius 3 is 2.66 bits per heavy atom. The lowest BCUT2D eigenvalue weighted by Gasteiger charge is -2.47. The summed E-state index contributed by atoms with van der Waals surface area (Å²) < 4.78 is 56.1. The normalized spacial score (nSPS) is 28.0. The second-order valence-corrected chi connectivity index (χ2v) is 14.4. The lowest BCUT2D eigenvalue weighted by Crippen LogP contribution is -2.68. The number of alkyl halides is 2. The van der Waals surface area contributed by atoms with Crippen LogP contribution in [0.3, 0.4) is 0 Å². The van der Waals surface area contributed by atoms with Gasteiger partial charge in [0.05, 0.1) is 29.2 Å². The van der Waals surface area contributed by atoms with Crippen LogP contribution in [0.2, 0.25) is 0 Å². The van der Waals surface area contributed by atoms with Crippen LogP contribution in [0.4, 0.5) is 24.7 Å². The van der Waals surface area contributed by atoms with Crippen LogP contribution in [0.5, 0.6) is 6.01 Å². The number of halogens is 3. The highest BCUT2D eigenvalue weighted by molar-refractivity contribution is 6.03. The highest BCUT2D eigenvalue weighted by Crippen LogP contribution is 2.49. The number of anilines is 2. The molecule has 4 saturated heterocycles. The maximum atomic E-state index is 17.2. The predicted octanol–water partition coefficient (Wildman–Crippen LogP) is 6.38. The van der Waals surface area contributed by atoms with E-state index in [9.17, 15) is 0 Å². The maximum absolute atomic E-state index is 17.2. The van der Waals surface area contributed by atoms with Crippen LogP contribution in [-0.4, -0.2) is 69.3 Å². The number of nitrogens with two attached hydrogens (primary N) is 1. The Balaban J connectivity index is 1.27. The van der Waals surface area contributed by atoms with Crippen molar-refractivity contribution < 1.29 is 17.9 Å². The number of nitrogens with zero attached hydrogens (tertiary/aromatic N) is 5. The molecule has 5 aliphatic heterocycles. The summed E-state index contributed by atoms with van der Waals surface area (Å²) in [4.78, 5) is 18.8. The molecule has 0 unspecified atom stereocenters. The molecule has 8 nitrogen and oxygen atoms in total. The number of ether oxygens (including phenoxy) is 1. The first-order valence-corrected chi connectivity index (χ1v) is 17.2. The second-order valence-electron chi connectivity index (χ2n) is 14.4. The number of fused-ring (bicyclic) bond motifs is 7. The molecule has 0 radical (unpaired) electrons. The van der Waals surface area contributed by atoms with E-state index in [0.717, 1.165) is 61.5 Å². The van der Waals surface area contributed by atoms with Gasteiger partial charge in [0.15, 0.2) is 17.4 Å². The molecule has 0 saturated carbocycles. The van der Waals surface area contributed by atoms with Gasteiger partial charge >= 0.3 is 6.01 Å². The van der Waals surface area contributed by atoms with E-state index in [2.05, 4.69) is 17.1 Å². The van der Waals surface area contributed by atoms with E-state index < -0.39 is 23.4 Å². The number of pyridine rings is 1. The van der Waals surface area contributed by atoms with Crippen molar-refractivity contribution in [1.82, 2.24) is 25.2 Å². The Morgan fingerprint density at radius 2 is 1.85 bits per heavy atom. The van der Waals surface area contributed by atoms with Gasteiger partial charge in [-0.05, 0) is 92.9 Å². The van der Waals surface area contributed by atoms with Crippen LogP contribution >= 0.6 is 0 Å². The number of benzene rings is 2. The van der Waals surface area contributed by atoms with Gasteiger partial charge in [0.25, 0.3) is 0 Å². The molecule has 3 atom stereocenters. The van der Waals surface area contributed by atoms with Gasteiger partial charge in [-0.15, -0.1) is 0 Å². The van der Waals surface area contributed by atoms with Crippen molar-refractivity contribution in [2.75, 3.05) is 36.9 Å². The van der Waals surface area contributed by atoms with Crippen molar-refractivity contribution in [3.05, 3.63) is 47.4 Å². The minimum Gasteiger partial charge on any atom is -0.461 e. The minimum atomic E-state index is -1.92. The Kier molecular flexibility index (Phi) is 6.51. The third kappa shape index (κ3) is 4.45. The molecule has 2 aromatic carbocycles. The quantitative estimate of drug-likeness (QED) is 0.191. The van der Waals surface area contributed by atoms with Crippen molar-refractivity contribution in [3.8, 4) is 17.3 Å². The van der Waals surface area contributed by atoms with Gasteiger partial charge in [-0.25, -0.2) is 23.5 Å². The summed E-state index contributed by atoms with van der Waals surface area (Å²) in [5.74, 6) is -4.15. The van der Waals surface area contributed by atoms with E-state index >= 15 is 13.2 Å². The number of nitrogen functional groups attached to an aromatic ring is 1. The molecule has 7 heterocycles. The van der Waals surface area contributed by atoms with Gasteiger partial charge in [0, 0.05) is 24.1 Å².